The molecule has 0 saturated carbocycles. The summed E-state index contributed by atoms with van der Waals surface area (Å²) in [6.45, 7) is 0. The second-order valence-electron chi connectivity index (χ2n) is 4.06. The summed E-state index contributed by atoms with van der Waals surface area (Å²) in [6, 6.07) is 4.54. The smallest absolute Gasteiger partial charge is 0.309 e. The predicted octanol–water partition coefficient (Wildman–Crippen LogP) is 1.55. The van der Waals surface area contributed by atoms with Gasteiger partial charge in [0.05, 0.1) is 24.0 Å². The molecule has 0 fully saturated rings. The van der Waals surface area contributed by atoms with Gasteiger partial charge < -0.3 is 9.64 Å². The third kappa shape index (κ3) is 3.72. The van der Waals surface area contributed by atoms with E-state index in [1.54, 1.807) is 31.1 Å². The van der Waals surface area contributed by atoms with Crippen molar-refractivity contribution in [1.82, 2.24) is 4.90 Å². The molecule has 0 radical (unpaired) electrons. The van der Waals surface area contributed by atoms with E-state index >= 15 is 0 Å². The van der Waals surface area contributed by atoms with Gasteiger partial charge in [-0.25, -0.2) is 0 Å². The van der Waals surface area contributed by atoms with Crippen LogP contribution in [-0.2, 0) is 16.0 Å². The molecule has 0 N–H and O–H groups in total. The molecule has 1 rings (SSSR count). The molecule has 0 aliphatic rings. The van der Waals surface area contributed by atoms with Crippen molar-refractivity contribution >= 4 is 28.9 Å². The highest BCUT2D eigenvalue weighted by molar-refractivity contribution is 7.80. The molecule has 0 spiro atoms. The van der Waals surface area contributed by atoms with E-state index < -0.39 is 10.9 Å². The van der Waals surface area contributed by atoms with E-state index in [1.165, 1.54) is 13.2 Å². The molecule has 0 bridgehead atoms. The Morgan fingerprint density at radius 3 is 2.58 bits per heavy atom. The first-order valence-electron chi connectivity index (χ1n) is 5.42. The molecule has 6 nitrogen and oxygen atoms in total. The summed E-state index contributed by atoms with van der Waals surface area (Å²) in [7, 11) is 4.70. The number of benzene rings is 1. The van der Waals surface area contributed by atoms with Gasteiger partial charge in [-0.2, -0.15) is 0 Å². The van der Waals surface area contributed by atoms with Crippen molar-refractivity contribution in [2.45, 2.75) is 6.42 Å². The maximum Gasteiger partial charge on any atom is 0.309 e. The molecule has 19 heavy (non-hydrogen) atoms. The lowest BCUT2D eigenvalue weighted by atomic mass is 10.1. The number of nitro groups is 1. The number of carbonyl (C=O) groups excluding carboxylic acids is 1. The highest BCUT2D eigenvalue weighted by Gasteiger charge is 2.19. The molecule has 0 heterocycles. The van der Waals surface area contributed by atoms with E-state index in [1.807, 2.05) is 0 Å². The first-order valence-corrected chi connectivity index (χ1v) is 5.83. The van der Waals surface area contributed by atoms with Crippen molar-refractivity contribution in [2.75, 3.05) is 21.2 Å². The van der Waals surface area contributed by atoms with Gasteiger partial charge in [0.1, 0.15) is 4.99 Å². The van der Waals surface area contributed by atoms with Crippen LogP contribution in [0.25, 0.3) is 0 Å². The van der Waals surface area contributed by atoms with Crippen molar-refractivity contribution in [3.63, 3.8) is 0 Å². The van der Waals surface area contributed by atoms with Crippen molar-refractivity contribution in [3.8, 4) is 0 Å². The third-order valence-corrected chi connectivity index (χ3v) is 3.06. The maximum absolute atomic E-state index is 11.2. The first kappa shape index (κ1) is 15.0. The SMILES string of the molecule is COC(=O)Cc1ccc(C(=S)N(C)C)c([N+](=O)[O-])c1. The third-order valence-electron chi connectivity index (χ3n) is 2.47. The van der Waals surface area contributed by atoms with Gasteiger partial charge in [-0.15, -0.1) is 0 Å². The average molecular weight is 282 g/mol. The topological polar surface area (TPSA) is 72.7 Å². The van der Waals surface area contributed by atoms with Crippen LogP contribution in [0.15, 0.2) is 18.2 Å². The Labute approximate surface area is 116 Å². The van der Waals surface area contributed by atoms with Crippen molar-refractivity contribution in [3.05, 3.63) is 39.4 Å². The van der Waals surface area contributed by atoms with Gasteiger partial charge in [0, 0.05) is 20.2 Å². The molecule has 0 aliphatic heterocycles. The molecule has 0 amide bonds. The lowest BCUT2D eigenvalue weighted by Crippen LogP contribution is -2.21. The highest BCUT2D eigenvalue weighted by Crippen LogP contribution is 2.22. The first-order chi connectivity index (χ1) is 8.86. The zero-order valence-electron chi connectivity index (χ0n) is 10.9. The standard InChI is InChI=1S/C12H14N2O4S/c1-13(2)12(19)9-5-4-8(7-11(15)18-3)6-10(9)14(16)17/h4-6H,7H2,1-3H3. The Bertz CT molecular complexity index is 528. The number of esters is 1. The van der Waals surface area contributed by atoms with E-state index in [9.17, 15) is 14.9 Å². The number of ether oxygens (including phenoxy) is 1. The fourth-order valence-corrected chi connectivity index (χ4v) is 1.67. The summed E-state index contributed by atoms with van der Waals surface area (Å²) in [4.78, 5) is 23.7. The molecule has 1 aromatic carbocycles. The molecule has 1 aromatic rings. The highest BCUT2D eigenvalue weighted by atomic mass is 32.1. The van der Waals surface area contributed by atoms with Crippen LogP contribution in [0.3, 0.4) is 0 Å². The van der Waals surface area contributed by atoms with Gasteiger partial charge in [-0.1, -0.05) is 18.3 Å². The Morgan fingerprint density at radius 1 is 1.47 bits per heavy atom. The van der Waals surface area contributed by atoms with E-state index in [-0.39, 0.29) is 12.1 Å². The van der Waals surface area contributed by atoms with Crippen LogP contribution in [0, 0.1) is 10.1 Å². The van der Waals surface area contributed by atoms with Crippen LogP contribution < -0.4 is 0 Å². The number of nitrogens with zero attached hydrogens (tertiary/aromatic N) is 2. The summed E-state index contributed by atoms with van der Waals surface area (Å²) in [6.07, 6.45) is -0.00759. The van der Waals surface area contributed by atoms with Gasteiger partial charge in [-0.05, 0) is 11.6 Å². The minimum absolute atomic E-state index is 0.00759. The summed E-state index contributed by atoms with van der Waals surface area (Å²) in [5, 5.41) is 11.1. The van der Waals surface area contributed by atoms with E-state index in [4.69, 9.17) is 12.2 Å². The normalized spacial score (nSPS) is 9.84. The molecule has 0 saturated heterocycles. The lowest BCUT2D eigenvalue weighted by Gasteiger charge is -2.14. The largest absolute Gasteiger partial charge is 0.469 e. The Morgan fingerprint density at radius 2 is 2.11 bits per heavy atom. The average Bonchev–Trinajstić information content (AvgIpc) is 2.37. The number of nitro benzene ring substituents is 1. The van der Waals surface area contributed by atoms with Crippen LogP contribution in [0.2, 0.25) is 0 Å². The summed E-state index contributed by atoms with van der Waals surface area (Å²) >= 11 is 5.13. The number of hydrogen-bond acceptors (Lipinski definition) is 5. The number of rotatable bonds is 4. The molecule has 0 aromatic heterocycles. The molecule has 7 heteroatoms. The number of carbonyl (C=O) groups is 1. The maximum atomic E-state index is 11.2. The molecule has 0 atom stereocenters. The van der Waals surface area contributed by atoms with Gasteiger partial charge in [0.25, 0.3) is 5.69 Å². The monoisotopic (exact) mass is 282 g/mol. The van der Waals surface area contributed by atoms with Crippen LogP contribution in [0.1, 0.15) is 11.1 Å². The number of hydrogen-bond donors (Lipinski definition) is 0. The molecular weight excluding hydrogens is 268 g/mol. The zero-order chi connectivity index (χ0) is 14.6. The fourth-order valence-electron chi connectivity index (χ4n) is 1.50. The minimum Gasteiger partial charge on any atom is -0.469 e. The molecule has 0 unspecified atom stereocenters. The number of methoxy groups -OCH3 is 1. The molecular formula is C12H14N2O4S. The van der Waals surface area contributed by atoms with Crippen LogP contribution in [-0.4, -0.2) is 42.0 Å². The second kappa shape index (κ2) is 6.24. The van der Waals surface area contributed by atoms with Crippen molar-refractivity contribution in [2.24, 2.45) is 0 Å². The molecule has 0 aliphatic carbocycles. The Hall–Kier alpha value is -2.02. The van der Waals surface area contributed by atoms with E-state index in [2.05, 4.69) is 4.74 Å². The quantitative estimate of drug-likeness (QED) is 0.361. The number of thiocarbonyl (C=S) groups is 1. The van der Waals surface area contributed by atoms with Crippen molar-refractivity contribution in [1.29, 1.82) is 0 Å². The summed E-state index contributed by atoms with van der Waals surface area (Å²) in [5.74, 6) is -0.447. The summed E-state index contributed by atoms with van der Waals surface area (Å²) < 4.78 is 4.53. The predicted molar refractivity (Wildman–Crippen MR) is 74.2 cm³/mol. The second-order valence-corrected chi connectivity index (χ2v) is 4.45. The van der Waals surface area contributed by atoms with Crippen LogP contribution in [0.4, 0.5) is 5.69 Å². The van der Waals surface area contributed by atoms with Gasteiger partial charge in [0.15, 0.2) is 0 Å². The van der Waals surface area contributed by atoms with Crippen LogP contribution in [0.5, 0.6) is 0 Å². The fraction of sp³-hybridized carbons (Fsp3) is 0.333. The van der Waals surface area contributed by atoms with Gasteiger partial charge in [-0.3, -0.25) is 14.9 Å². The van der Waals surface area contributed by atoms with Crippen LogP contribution >= 0.6 is 12.2 Å². The Balaban J connectivity index is 3.19. The lowest BCUT2D eigenvalue weighted by molar-refractivity contribution is -0.385. The van der Waals surface area contributed by atoms with Crippen molar-refractivity contribution < 1.29 is 14.5 Å². The van der Waals surface area contributed by atoms with Gasteiger partial charge in [0.2, 0.25) is 0 Å². The Kier molecular flexibility index (Phi) is 4.94. The zero-order valence-corrected chi connectivity index (χ0v) is 11.7. The van der Waals surface area contributed by atoms with Gasteiger partial charge >= 0.3 is 5.97 Å². The van der Waals surface area contributed by atoms with E-state index in [0.29, 0.717) is 16.1 Å². The molecule has 102 valence electrons. The minimum atomic E-state index is -0.508. The summed E-state index contributed by atoms with van der Waals surface area (Å²) in [5.41, 5.74) is 0.766. The van der Waals surface area contributed by atoms with E-state index in [0.717, 1.165) is 0 Å².